The number of aryl methyl sites for hydroxylation is 1. The van der Waals surface area contributed by atoms with Crippen molar-refractivity contribution in [2.24, 2.45) is 5.41 Å². The van der Waals surface area contributed by atoms with Crippen molar-refractivity contribution < 1.29 is 28.1 Å². The second-order valence-corrected chi connectivity index (χ2v) is 9.96. The fraction of sp³-hybridized carbons (Fsp3) is 0.464. The van der Waals surface area contributed by atoms with Gasteiger partial charge in [-0.05, 0) is 80.4 Å². The van der Waals surface area contributed by atoms with Crippen molar-refractivity contribution in [2.75, 3.05) is 45.2 Å². The second-order valence-electron chi connectivity index (χ2n) is 9.96. The molecule has 4 rings (SSSR count). The summed E-state index contributed by atoms with van der Waals surface area (Å²) >= 11 is 0. The van der Waals surface area contributed by atoms with E-state index in [1.807, 2.05) is 25.1 Å². The Balaban J connectivity index is 1.33. The zero-order valence-corrected chi connectivity index (χ0v) is 21.2. The number of ether oxygens (including phenoxy) is 1. The van der Waals surface area contributed by atoms with Gasteiger partial charge in [-0.15, -0.1) is 0 Å². The monoisotopic (exact) mass is 517 g/mol. The maximum Gasteiger partial charge on any atom is 0.152 e. The minimum atomic E-state index is -0.954. The van der Waals surface area contributed by atoms with Gasteiger partial charge in [0.2, 0.25) is 0 Å². The largest absolute Gasteiger partial charge is 0.497 e. The van der Waals surface area contributed by atoms with Gasteiger partial charge in [0.15, 0.2) is 11.6 Å². The summed E-state index contributed by atoms with van der Waals surface area (Å²) in [4.78, 5) is 6.64. The van der Waals surface area contributed by atoms with Gasteiger partial charge in [0.1, 0.15) is 17.3 Å². The van der Waals surface area contributed by atoms with Crippen LogP contribution in [0.1, 0.15) is 42.9 Å². The first-order valence-corrected chi connectivity index (χ1v) is 12.6. The van der Waals surface area contributed by atoms with Crippen LogP contribution < -0.4 is 10.1 Å². The molecule has 3 N–H and O–H groups in total. The number of aromatic nitrogens is 1. The third-order valence-corrected chi connectivity index (χ3v) is 7.59. The predicted octanol–water partition coefficient (Wildman–Crippen LogP) is 4.97. The lowest BCUT2D eigenvalue weighted by Crippen LogP contribution is -2.43. The maximum atomic E-state index is 13.8. The topological polar surface area (TPSA) is 77.8 Å². The zero-order chi connectivity index (χ0) is 26.6. The second kappa shape index (κ2) is 11.7. The number of pyridine rings is 1. The number of nitrogens with one attached hydrogen (secondary N) is 1. The van der Waals surface area contributed by atoms with E-state index in [0.29, 0.717) is 43.8 Å². The Morgan fingerprint density at radius 2 is 1.84 bits per heavy atom. The molecule has 1 aliphatic heterocycles. The first-order valence-electron chi connectivity index (χ1n) is 12.6. The lowest BCUT2D eigenvalue weighted by molar-refractivity contribution is 0.0247. The normalized spacial score (nSPS) is 16.6. The molecular weight excluding hydrogens is 483 g/mol. The van der Waals surface area contributed by atoms with Gasteiger partial charge in [-0.3, -0.25) is 4.98 Å². The number of benzene rings is 2. The first kappa shape index (κ1) is 27.2. The molecule has 2 heterocycles. The summed E-state index contributed by atoms with van der Waals surface area (Å²) < 4.78 is 46.1. The van der Waals surface area contributed by atoms with Crippen LogP contribution in [-0.2, 0) is 0 Å². The van der Waals surface area contributed by atoms with Crippen LogP contribution in [-0.4, -0.2) is 60.0 Å². The van der Waals surface area contributed by atoms with Crippen molar-refractivity contribution in [3.63, 3.8) is 0 Å². The highest BCUT2D eigenvalue weighted by molar-refractivity contribution is 5.84. The number of rotatable bonds is 10. The molecule has 37 heavy (non-hydrogen) atoms. The molecule has 1 aliphatic rings. The van der Waals surface area contributed by atoms with Crippen LogP contribution in [0, 0.1) is 29.8 Å². The molecule has 1 aromatic heterocycles. The fourth-order valence-electron chi connectivity index (χ4n) is 5.24. The quantitative estimate of drug-likeness (QED) is 0.353. The maximum absolute atomic E-state index is 13.8. The van der Waals surface area contributed by atoms with Gasteiger partial charge in [-0.2, -0.15) is 0 Å². The van der Waals surface area contributed by atoms with Crippen molar-refractivity contribution in [1.29, 1.82) is 0 Å². The number of aliphatic hydroxyl groups is 2. The Morgan fingerprint density at radius 1 is 1.14 bits per heavy atom. The van der Waals surface area contributed by atoms with E-state index in [1.165, 1.54) is 0 Å². The number of halogens is 3. The van der Waals surface area contributed by atoms with E-state index in [-0.39, 0.29) is 17.7 Å². The van der Waals surface area contributed by atoms with Gasteiger partial charge in [-0.25, -0.2) is 13.2 Å². The molecule has 0 aliphatic carbocycles. The average Bonchev–Trinajstić information content (AvgIpc) is 2.89. The van der Waals surface area contributed by atoms with E-state index in [1.54, 1.807) is 13.3 Å². The summed E-state index contributed by atoms with van der Waals surface area (Å²) in [6.07, 6.45) is 3.73. The lowest BCUT2D eigenvalue weighted by atomic mass is 9.74. The minimum Gasteiger partial charge on any atom is -0.497 e. The Bertz CT molecular complexity index is 1210. The Hall–Kier alpha value is -2.88. The number of fused-ring (bicyclic) bond motifs is 1. The number of aliphatic hydroxyl groups excluding tert-OH is 2. The van der Waals surface area contributed by atoms with Crippen molar-refractivity contribution >= 4 is 16.6 Å². The summed E-state index contributed by atoms with van der Waals surface area (Å²) in [6.45, 7) is 4.28. The van der Waals surface area contributed by atoms with Gasteiger partial charge < -0.3 is 25.2 Å². The Kier molecular flexibility index (Phi) is 8.56. The first-order chi connectivity index (χ1) is 17.7. The van der Waals surface area contributed by atoms with Gasteiger partial charge in [-0.1, -0.05) is 0 Å². The van der Waals surface area contributed by atoms with E-state index < -0.39 is 23.6 Å². The number of piperidine rings is 1. The molecule has 1 atom stereocenters. The van der Waals surface area contributed by atoms with Gasteiger partial charge in [0.05, 0.1) is 18.7 Å². The highest BCUT2D eigenvalue weighted by Crippen LogP contribution is 2.39. The lowest BCUT2D eigenvalue weighted by Gasteiger charge is -2.41. The van der Waals surface area contributed by atoms with E-state index >= 15 is 0 Å². The smallest absolute Gasteiger partial charge is 0.152 e. The standard InChI is InChI=1S/C28H34F3N3O3/c1-18-16-33-24-4-3-20(37-2)15-21(24)26(18)25(36)5-6-28(17-35)7-10-34(11-8-28)12-9-32-27-22(30)13-19(29)14-23(27)31/h3-4,13-16,25,32,35-36H,5-12,17H2,1-2H3. The minimum absolute atomic E-state index is 0.0295. The number of methoxy groups -OCH3 is 1. The summed E-state index contributed by atoms with van der Waals surface area (Å²) in [7, 11) is 1.60. The van der Waals surface area contributed by atoms with Crippen LogP contribution >= 0.6 is 0 Å². The third kappa shape index (κ3) is 6.17. The number of hydrogen-bond acceptors (Lipinski definition) is 6. The van der Waals surface area contributed by atoms with E-state index in [2.05, 4.69) is 15.2 Å². The van der Waals surface area contributed by atoms with Crippen LogP contribution in [0.25, 0.3) is 10.9 Å². The highest BCUT2D eigenvalue weighted by atomic mass is 19.1. The molecule has 1 unspecified atom stereocenters. The molecule has 200 valence electrons. The zero-order valence-electron chi connectivity index (χ0n) is 21.2. The molecule has 9 heteroatoms. The molecule has 0 amide bonds. The number of nitrogens with zero attached hydrogens (tertiary/aromatic N) is 2. The molecule has 1 fully saturated rings. The highest BCUT2D eigenvalue weighted by Gasteiger charge is 2.34. The number of hydrogen-bond donors (Lipinski definition) is 3. The Morgan fingerprint density at radius 3 is 2.49 bits per heavy atom. The van der Waals surface area contributed by atoms with Crippen molar-refractivity contribution in [3.8, 4) is 5.75 Å². The van der Waals surface area contributed by atoms with E-state index in [4.69, 9.17) is 4.74 Å². The van der Waals surface area contributed by atoms with E-state index in [0.717, 1.165) is 48.0 Å². The summed E-state index contributed by atoms with van der Waals surface area (Å²) in [5, 5.41) is 25.0. The van der Waals surface area contributed by atoms with Crippen LogP contribution in [0.2, 0.25) is 0 Å². The fourth-order valence-corrected chi connectivity index (χ4v) is 5.24. The number of likely N-dealkylation sites (tertiary alicyclic amines) is 1. The molecule has 2 aromatic carbocycles. The molecule has 0 spiro atoms. The van der Waals surface area contributed by atoms with Gasteiger partial charge in [0, 0.05) is 43.4 Å². The average molecular weight is 518 g/mol. The molecule has 0 saturated carbocycles. The summed E-state index contributed by atoms with van der Waals surface area (Å²) in [6, 6.07) is 6.93. The van der Waals surface area contributed by atoms with Crippen molar-refractivity contribution in [3.05, 3.63) is 65.1 Å². The third-order valence-electron chi connectivity index (χ3n) is 7.59. The van der Waals surface area contributed by atoms with Gasteiger partial charge >= 0.3 is 0 Å². The molecule has 1 saturated heterocycles. The van der Waals surface area contributed by atoms with E-state index in [9.17, 15) is 23.4 Å². The van der Waals surface area contributed by atoms with Crippen molar-refractivity contribution in [2.45, 2.75) is 38.7 Å². The molecule has 6 nitrogen and oxygen atoms in total. The molecule has 0 radical (unpaired) electrons. The van der Waals surface area contributed by atoms with Crippen LogP contribution in [0.3, 0.4) is 0 Å². The van der Waals surface area contributed by atoms with Crippen molar-refractivity contribution in [1.82, 2.24) is 9.88 Å². The predicted molar refractivity (Wildman–Crippen MR) is 137 cm³/mol. The molecular formula is C28H34F3N3O3. The number of anilines is 1. The van der Waals surface area contributed by atoms with Crippen LogP contribution in [0.15, 0.2) is 36.5 Å². The Labute approximate surface area is 215 Å². The molecule has 0 bridgehead atoms. The summed E-state index contributed by atoms with van der Waals surface area (Å²) in [5.41, 5.74) is 1.91. The summed E-state index contributed by atoms with van der Waals surface area (Å²) in [5.74, 6) is -2.16. The van der Waals surface area contributed by atoms with Gasteiger partial charge in [0.25, 0.3) is 0 Å². The van der Waals surface area contributed by atoms with Crippen LogP contribution in [0.4, 0.5) is 18.9 Å². The SMILES string of the molecule is COc1ccc2ncc(C)c(C(O)CCC3(CO)CCN(CCNc4c(F)cc(F)cc4F)CC3)c2c1. The molecule has 3 aromatic rings. The van der Waals surface area contributed by atoms with Crippen LogP contribution in [0.5, 0.6) is 5.75 Å².